The molecule has 2 aliphatic heterocycles. The molecule has 0 aliphatic carbocycles. The second-order valence-corrected chi connectivity index (χ2v) is 9.73. The summed E-state index contributed by atoms with van der Waals surface area (Å²) < 4.78 is 12.5. The molecular formula is C29H32N2O4. The minimum absolute atomic E-state index is 0.187. The lowest BCUT2D eigenvalue weighted by Crippen LogP contribution is -2.35. The number of benzene rings is 2. The first-order valence-electron chi connectivity index (χ1n) is 12.2. The first-order chi connectivity index (χ1) is 16.9. The van der Waals surface area contributed by atoms with E-state index in [4.69, 9.17) is 14.5 Å². The Kier molecular flexibility index (Phi) is 6.39. The van der Waals surface area contributed by atoms with Crippen molar-refractivity contribution >= 4 is 11.1 Å². The summed E-state index contributed by atoms with van der Waals surface area (Å²) in [6, 6.07) is 16.5. The molecule has 3 heterocycles. The zero-order valence-electron chi connectivity index (χ0n) is 20.4. The third-order valence-electron chi connectivity index (χ3n) is 7.05. The zero-order valence-corrected chi connectivity index (χ0v) is 20.4. The highest BCUT2D eigenvalue weighted by Gasteiger charge is 2.30. The molecule has 0 saturated carbocycles. The maximum absolute atomic E-state index is 10.0. The highest BCUT2D eigenvalue weighted by Crippen LogP contribution is 2.47. The van der Waals surface area contributed by atoms with Crippen LogP contribution in [-0.2, 0) is 0 Å². The monoisotopic (exact) mass is 472 g/mol. The molecule has 3 aromatic rings. The van der Waals surface area contributed by atoms with Crippen LogP contribution in [0.2, 0.25) is 0 Å². The number of hydrogen-bond acceptors (Lipinski definition) is 6. The van der Waals surface area contributed by atoms with Crippen molar-refractivity contribution in [1.82, 2.24) is 9.88 Å². The Balaban J connectivity index is 1.40. The van der Waals surface area contributed by atoms with E-state index >= 15 is 0 Å². The molecule has 0 amide bonds. The summed E-state index contributed by atoms with van der Waals surface area (Å²) >= 11 is 0. The lowest BCUT2D eigenvalue weighted by Gasteiger charge is -2.30. The van der Waals surface area contributed by atoms with Crippen LogP contribution in [0.5, 0.6) is 23.0 Å². The van der Waals surface area contributed by atoms with E-state index in [0.717, 1.165) is 52.7 Å². The molecule has 1 aromatic heterocycles. The Hall–Kier alpha value is -3.51. The average molecular weight is 473 g/mol. The maximum atomic E-state index is 10.0. The van der Waals surface area contributed by atoms with Gasteiger partial charge >= 0.3 is 0 Å². The van der Waals surface area contributed by atoms with Crippen molar-refractivity contribution in [3.05, 3.63) is 77.6 Å². The molecule has 6 heteroatoms. The Labute approximate surface area is 206 Å². The van der Waals surface area contributed by atoms with Crippen molar-refractivity contribution in [2.24, 2.45) is 5.92 Å². The third kappa shape index (κ3) is 4.84. The van der Waals surface area contributed by atoms with E-state index in [1.807, 2.05) is 31.2 Å². The van der Waals surface area contributed by atoms with E-state index in [-0.39, 0.29) is 11.5 Å². The van der Waals surface area contributed by atoms with Crippen molar-refractivity contribution < 1.29 is 19.7 Å². The molecule has 1 fully saturated rings. The van der Waals surface area contributed by atoms with E-state index < -0.39 is 6.10 Å². The van der Waals surface area contributed by atoms with Crippen LogP contribution < -0.4 is 9.47 Å². The first-order valence-corrected chi connectivity index (χ1v) is 12.2. The van der Waals surface area contributed by atoms with E-state index in [1.54, 1.807) is 36.5 Å². The minimum Gasteiger partial charge on any atom is -0.508 e. The smallest absolute Gasteiger partial charge is 0.166 e. The van der Waals surface area contributed by atoms with Crippen LogP contribution in [-0.4, -0.2) is 45.8 Å². The van der Waals surface area contributed by atoms with Gasteiger partial charge in [-0.3, -0.25) is 9.88 Å². The number of phenolic OH excluding ortho intramolecular Hbond substituents is 2. The second-order valence-electron chi connectivity index (χ2n) is 9.73. The van der Waals surface area contributed by atoms with Crippen LogP contribution in [0, 0.1) is 5.92 Å². The van der Waals surface area contributed by atoms with Gasteiger partial charge in [0.2, 0.25) is 0 Å². The maximum Gasteiger partial charge on any atom is 0.166 e. The van der Waals surface area contributed by atoms with Gasteiger partial charge in [-0.25, -0.2) is 0 Å². The molecule has 5 rings (SSSR count). The zero-order chi connectivity index (χ0) is 24.5. The van der Waals surface area contributed by atoms with Crippen molar-refractivity contribution in [2.45, 2.75) is 39.3 Å². The lowest BCUT2D eigenvalue weighted by atomic mass is 9.87. The summed E-state index contributed by atoms with van der Waals surface area (Å²) in [6.45, 7) is 9.42. The van der Waals surface area contributed by atoms with Gasteiger partial charge in [0.1, 0.15) is 29.6 Å². The summed E-state index contributed by atoms with van der Waals surface area (Å²) in [5.41, 5.74) is 4.47. The molecule has 1 unspecified atom stereocenters. The number of nitrogens with zero attached hydrogens (tertiary/aromatic N) is 2. The number of ether oxygens (including phenoxy) is 2. The molecular weight excluding hydrogens is 440 g/mol. The number of fused-ring (bicyclic) bond motifs is 1. The molecule has 3 atom stereocenters. The van der Waals surface area contributed by atoms with Gasteiger partial charge in [-0.05, 0) is 86.3 Å². The normalized spacial score (nSPS) is 20.9. The average Bonchev–Trinajstić information content (AvgIpc) is 3.30. The number of rotatable bonds is 6. The quantitative estimate of drug-likeness (QED) is 0.482. The number of aromatic hydroxyl groups is 2. The van der Waals surface area contributed by atoms with E-state index in [9.17, 15) is 10.2 Å². The van der Waals surface area contributed by atoms with Gasteiger partial charge in [0.05, 0.1) is 11.9 Å². The van der Waals surface area contributed by atoms with Crippen LogP contribution in [0.3, 0.4) is 0 Å². The van der Waals surface area contributed by atoms with Gasteiger partial charge in [-0.1, -0.05) is 19.1 Å². The summed E-state index contributed by atoms with van der Waals surface area (Å²) in [5.74, 6) is 2.58. The van der Waals surface area contributed by atoms with Crippen molar-refractivity contribution in [2.75, 3.05) is 19.7 Å². The second kappa shape index (κ2) is 9.62. The van der Waals surface area contributed by atoms with Crippen LogP contribution in [0.25, 0.3) is 11.1 Å². The van der Waals surface area contributed by atoms with Gasteiger partial charge in [0, 0.05) is 23.7 Å². The van der Waals surface area contributed by atoms with Gasteiger partial charge in [0.15, 0.2) is 6.10 Å². The standard InChI is InChI=1S/C29H32N2O4/c1-18-12-13-31(16-18)19(2)17-34-24-9-10-26(30-15-24)29-28(21-4-6-22(32)7-5-21)20(3)25-14-23(33)8-11-27(25)35-29/h4-11,14-15,18-19,29,32-33H,12-13,16-17H2,1-3H3/t18-,19+,29?/m1/s1. The Morgan fingerprint density at radius 2 is 1.86 bits per heavy atom. The Bertz CT molecular complexity index is 1220. The topological polar surface area (TPSA) is 75.1 Å². The molecule has 35 heavy (non-hydrogen) atoms. The van der Waals surface area contributed by atoms with Crippen molar-refractivity contribution in [1.29, 1.82) is 0 Å². The van der Waals surface area contributed by atoms with Crippen LogP contribution in [0.1, 0.15) is 50.1 Å². The fourth-order valence-electron chi connectivity index (χ4n) is 4.98. The Morgan fingerprint density at radius 1 is 1.09 bits per heavy atom. The molecule has 1 saturated heterocycles. The largest absolute Gasteiger partial charge is 0.508 e. The molecule has 182 valence electrons. The third-order valence-corrected chi connectivity index (χ3v) is 7.05. The number of likely N-dealkylation sites (tertiary alicyclic amines) is 1. The molecule has 2 N–H and O–H groups in total. The van der Waals surface area contributed by atoms with Gasteiger partial charge < -0.3 is 19.7 Å². The SMILES string of the molecule is CC1=C(c2ccc(O)cc2)C(c2ccc(OC[C@H](C)N3CC[C@@H](C)C3)cn2)Oc2ccc(O)cc21. The molecule has 0 spiro atoms. The van der Waals surface area contributed by atoms with Crippen molar-refractivity contribution in [3.63, 3.8) is 0 Å². The molecule has 0 radical (unpaired) electrons. The molecule has 6 nitrogen and oxygen atoms in total. The van der Waals surface area contributed by atoms with Crippen LogP contribution >= 0.6 is 0 Å². The number of hydrogen-bond donors (Lipinski definition) is 2. The van der Waals surface area contributed by atoms with Gasteiger partial charge in [-0.15, -0.1) is 0 Å². The molecule has 2 aromatic carbocycles. The predicted molar refractivity (Wildman–Crippen MR) is 137 cm³/mol. The molecule has 2 aliphatic rings. The predicted octanol–water partition coefficient (Wildman–Crippen LogP) is 5.67. The Morgan fingerprint density at radius 3 is 2.54 bits per heavy atom. The highest BCUT2D eigenvalue weighted by molar-refractivity contribution is 5.95. The van der Waals surface area contributed by atoms with E-state index in [0.29, 0.717) is 18.4 Å². The lowest BCUT2D eigenvalue weighted by molar-refractivity contribution is 0.168. The van der Waals surface area contributed by atoms with Gasteiger partial charge in [-0.2, -0.15) is 0 Å². The van der Waals surface area contributed by atoms with Gasteiger partial charge in [0.25, 0.3) is 0 Å². The summed E-state index contributed by atoms with van der Waals surface area (Å²) in [4.78, 5) is 7.19. The number of aromatic nitrogens is 1. The highest BCUT2D eigenvalue weighted by atomic mass is 16.5. The van der Waals surface area contributed by atoms with Crippen LogP contribution in [0.15, 0.2) is 60.8 Å². The summed E-state index contributed by atoms with van der Waals surface area (Å²) in [5, 5.41) is 19.8. The number of pyridine rings is 1. The van der Waals surface area contributed by atoms with E-state index in [2.05, 4.69) is 18.7 Å². The summed E-state index contributed by atoms with van der Waals surface area (Å²) in [6.07, 6.45) is 2.57. The fourth-order valence-corrected chi connectivity index (χ4v) is 4.98. The van der Waals surface area contributed by atoms with Crippen LogP contribution in [0.4, 0.5) is 0 Å². The number of phenols is 2. The number of allylic oxidation sites excluding steroid dienone is 1. The molecule has 0 bridgehead atoms. The summed E-state index contributed by atoms with van der Waals surface area (Å²) in [7, 11) is 0. The fraction of sp³-hybridized carbons (Fsp3) is 0.345. The van der Waals surface area contributed by atoms with Crippen molar-refractivity contribution in [3.8, 4) is 23.0 Å². The first kappa shape index (κ1) is 23.2. The van der Waals surface area contributed by atoms with E-state index in [1.165, 1.54) is 6.42 Å². The minimum atomic E-state index is -0.435.